The lowest BCUT2D eigenvalue weighted by atomic mass is 9.87. The van der Waals surface area contributed by atoms with Crippen molar-refractivity contribution in [2.45, 2.75) is 80.3 Å². The van der Waals surface area contributed by atoms with Gasteiger partial charge in [0.1, 0.15) is 6.11 Å². The predicted molar refractivity (Wildman–Crippen MR) is 83.5 cm³/mol. The summed E-state index contributed by atoms with van der Waals surface area (Å²) < 4.78 is 0. The molecule has 0 saturated heterocycles. The van der Waals surface area contributed by atoms with E-state index in [1.165, 1.54) is 0 Å². The molecule has 2 atom stereocenters. The largest absolute Gasteiger partial charge is 0.462 e. The van der Waals surface area contributed by atoms with Crippen LogP contribution in [0.1, 0.15) is 68.2 Å². The van der Waals surface area contributed by atoms with Crippen LogP contribution in [0.5, 0.6) is 0 Å². The van der Waals surface area contributed by atoms with Crippen molar-refractivity contribution < 1.29 is 5.11 Å². The van der Waals surface area contributed by atoms with Crippen molar-refractivity contribution in [2.75, 3.05) is 6.54 Å². The minimum Gasteiger partial charge on any atom is -0.462 e. The van der Waals surface area contributed by atoms with Gasteiger partial charge in [-0.3, -0.25) is 4.90 Å². The Labute approximate surface area is 120 Å². The molecular formula is C17H33NO. The minimum atomic E-state index is 0.102. The molecule has 0 spiro atoms. The molecule has 0 aromatic heterocycles. The Hall–Kier alpha value is -0.680. The topological polar surface area (TPSA) is 23.5 Å². The maximum atomic E-state index is 8.84. The van der Waals surface area contributed by atoms with E-state index in [-0.39, 0.29) is 6.04 Å². The zero-order valence-electron chi connectivity index (χ0n) is 14.2. The van der Waals surface area contributed by atoms with Gasteiger partial charge in [-0.1, -0.05) is 41.5 Å². The fraction of sp³-hybridized carbons (Fsp3) is 0.882. The molecule has 0 aromatic rings. The molecule has 19 heavy (non-hydrogen) atoms. The van der Waals surface area contributed by atoms with Gasteiger partial charge in [0.15, 0.2) is 0 Å². The summed E-state index contributed by atoms with van der Waals surface area (Å²) in [5.41, 5.74) is 0.637. The number of aliphatic hydroxyl groups is 1. The third-order valence-electron chi connectivity index (χ3n) is 3.36. The van der Waals surface area contributed by atoms with E-state index in [1.807, 2.05) is 0 Å². The van der Waals surface area contributed by atoms with Crippen molar-refractivity contribution >= 4 is 0 Å². The fourth-order valence-electron chi connectivity index (χ4n) is 2.44. The van der Waals surface area contributed by atoms with Gasteiger partial charge in [0.05, 0.1) is 6.04 Å². The first-order valence-corrected chi connectivity index (χ1v) is 7.36. The normalized spacial score (nSPS) is 15.8. The van der Waals surface area contributed by atoms with E-state index >= 15 is 0 Å². The van der Waals surface area contributed by atoms with E-state index in [1.54, 1.807) is 0 Å². The van der Waals surface area contributed by atoms with Gasteiger partial charge in [0.25, 0.3) is 0 Å². The maximum absolute atomic E-state index is 8.84. The summed E-state index contributed by atoms with van der Waals surface area (Å²) in [6.07, 6.45) is 4.34. The van der Waals surface area contributed by atoms with Crippen LogP contribution >= 0.6 is 0 Å². The molecular weight excluding hydrogens is 234 g/mol. The molecule has 2 heteroatoms. The van der Waals surface area contributed by atoms with Crippen LogP contribution in [0.25, 0.3) is 0 Å². The molecule has 112 valence electrons. The summed E-state index contributed by atoms with van der Waals surface area (Å²) in [4.78, 5) is 2.42. The van der Waals surface area contributed by atoms with E-state index in [4.69, 9.17) is 5.11 Å². The molecule has 0 saturated carbocycles. The van der Waals surface area contributed by atoms with Crippen LogP contribution in [0.4, 0.5) is 0 Å². The maximum Gasteiger partial charge on any atom is 0.109 e. The van der Waals surface area contributed by atoms with Gasteiger partial charge in [0, 0.05) is 12.6 Å². The van der Waals surface area contributed by atoms with Crippen LogP contribution in [0.2, 0.25) is 0 Å². The Morgan fingerprint density at radius 2 is 1.53 bits per heavy atom. The first kappa shape index (κ1) is 18.3. The van der Waals surface area contributed by atoms with Crippen LogP contribution in [-0.4, -0.2) is 28.6 Å². The Morgan fingerprint density at radius 1 is 1.00 bits per heavy atom. The Kier molecular flexibility index (Phi) is 6.94. The van der Waals surface area contributed by atoms with Crippen molar-refractivity contribution in [3.63, 3.8) is 0 Å². The summed E-state index contributed by atoms with van der Waals surface area (Å²) in [5.74, 6) is 2.88. The lowest BCUT2D eigenvalue weighted by Gasteiger charge is -2.37. The highest BCUT2D eigenvalue weighted by Crippen LogP contribution is 2.26. The summed E-state index contributed by atoms with van der Waals surface area (Å²) >= 11 is 0. The molecule has 0 aliphatic heterocycles. The van der Waals surface area contributed by atoms with E-state index < -0.39 is 0 Å². The fourth-order valence-corrected chi connectivity index (χ4v) is 2.44. The lowest BCUT2D eigenvalue weighted by Crippen LogP contribution is -2.43. The van der Waals surface area contributed by atoms with Crippen LogP contribution < -0.4 is 0 Å². The van der Waals surface area contributed by atoms with E-state index in [0.29, 0.717) is 16.9 Å². The second kappa shape index (κ2) is 7.20. The highest BCUT2D eigenvalue weighted by atomic mass is 16.2. The molecule has 0 radical (unpaired) electrons. The predicted octanol–water partition coefficient (Wildman–Crippen LogP) is 4.27. The summed E-state index contributed by atoms with van der Waals surface area (Å²) in [7, 11) is 0. The highest BCUT2D eigenvalue weighted by Gasteiger charge is 2.25. The zero-order chi connectivity index (χ0) is 15.3. The molecule has 0 aliphatic carbocycles. The van der Waals surface area contributed by atoms with Gasteiger partial charge in [-0.25, -0.2) is 0 Å². The average Bonchev–Trinajstić information content (AvgIpc) is 2.13. The second-order valence-corrected chi connectivity index (χ2v) is 8.09. The van der Waals surface area contributed by atoms with Crippen molar-refractivity contribution in [1.82, 2.24) is 4.90 Å². The molecule has 0 aromatic carbocycles. The van der Waals surface area contributed by atoms with Gasteiger partial charge in [0.2, 0.25) is 0 Å². The molecule has 0 rings (SSSR count). The quantitative estimate of drug-likeness (QED) is 0.752. The second-order valence-electron chi connectivity index (χ2n) is 8.09. The summed E-state index contributed by atoms with van der Waals surface area (Å²) in [6, 6.07) is 0.572. The average molecular weight is 267 g/mol. The molecule has 2 nitrogen and oxygen atoms in total. The number of hydrogen-bond donors (Lipinski definition) is 1. The molecule has 0 aliphatic rings. The molecule has 2 unspecified atom stereocenters. The van der Waals surface area contributed by atoms with Crippen molar-refractivity contribution in [3.05, 3.63) is 0 Å². The van der Waals surface area contributed by atoms with Gasteiger partial charge >= 0.3 is 0 Å². The highest BCUT2D eigenvalue weighted by molar-refractivity contribution is 5.02. The molecule has 1 N–H and O–H groups in total. The van der Waals surface area contributed by atoms with Crippen molar-refractivity contribution in [3.8, 4) is 12.0 Å². The van der Waals surface area contributed by atoms with Crippen LogP contribution in [0.3, 0.4) is 0 Å². The molecule has 0 fully saturated rings. The molecule has 0 amide bonds. The Bertz CT molecular complexity index is 311. The number of nitrogens with zero attached hydrogens (tertiary/aromatic N) is 1. The molecule has 0 bridgehead atoms. The van der Waals surface area contributed by atoms with Crippen LogP contribution in [0, 0.1) is 22.9 Å². The first-order valence-electron chi connectivity index (χ1n) is 7.36. The molecule has 0 heterocycles. The van der Waals surface area contributed by atoms with Crippen LogP contribution in [-0.2, 0) is 0 Å². The van der Waals surface area contributed by atoms with Gasteiger partial charge in [-0.2, -0.15) is 0 Å². The summed E-state index contributed by atoms with van der Waals surface area (Å²) in [5, 5.41) is 8.84. The number of aliphatic hydroxyl groups excluding tert-OH is 1. The van der Waals surface area contributed by atoms with Gasteiger partial charge in [-0.05, 0) is 43.4 Å². The summed E-state index contributed by atoms with van der Waals surface area (Å²) in [6.45, 7) is 19.0. The van der Waals surface area contributed by atoms with E-state index in [2.05, 4.69) is 72.3 Å². The third kappa shape index (κ3) is 8.94. The van der Waals surface area contributed by atoms with Crippen LogP contribution in [0.15, 0.2) is 0 Å². The Balaban J connectivity index is 4.79. The standard InChI is InChI=1S/C17H33NO/c1-14(9-12-19)18(11-10-16(3,4)5)15(2)13-17(6,7)8/h14-15,19H,10-11,13H2,1-8H3. The van der Waals surface area contributed by atoms with Crippen molar-refractivity contribution in [1.29, 1.82) is 0 Å². The monoisotopic (exact) mass is 267 g/mol. The third-order valence-corrected chi connectivity index (χ3v) is 3.36. The van der Waals surface area contributed by atoms with Gasteiger partial charge < -0.3 is 5.11 Å². The first-order chi connectivity index (χ1) is 8.46. The lowest BCUT2D eigenvalue weighted by molar-refractivity contribution is 0.125. The Morgan fingerprint density at radius 3 is 1.89 bits per heavy atom. The number of hydrogen-bond acceptors (Lipinski definition) is 2. The number of rotatable bonds is 5. The van der Waals surface area contributed by atoms with E-state index in [9.17, 15) is 0 Å². The van der Waals surface area contributed by atoms with E-state index in [0.717, 1.165) is 19.4 Å². The SMILES string of the molecule is CC(C#CO)N(CCC(C)(C)C)C(C)CC(C)(C)C. The smallest absolute Gasteiger partial charge is 0.109 e. The van der Waals surface area contributed by atoms with Gasteiger partial charge in [-0.15, -0.1) is 0 Å². The van der Waals surface area contributed by atoms with Crippen molar-refractivity contribution in [2.24, 2.45) is 10.8 Å². The zero-order valence-corrected chi connectivity index (χ0v) is 14.2. The minimum absolute atomic E-state index is 0.102.